The number of carboxylic acids is 1. The minimum Gasteiger partial charge on any atom is -0.477 e. The third kappa shape index (κ3) is 4.63. The molecule has 0 atom stereocenters. The van der Waals surface area contributed by atoms with Crippen LogP contribution < -0.4 is 5.32 Å². The predicted octanol–water partition coefficient (Wildman–Crippen LogP) is 2.30. The van der Waals surface area contributed by atoms with E-state index in [0.717, 1.165) is 30.0 Å². The monoisotopic (exact) mass is 319 g/mol. The number of hydrogen-bond donors (Lipinski definition) is 2. The first-order chi connectivity index (χ1) is 10.6. The molecule has 0 aliphatic carbocycles. The molecule has 2 N–H and O–H groups in total. The number of nitrogens with zero attached hydrogens (tertiary/aromatic N) is 2. The third-order valence-electron chi connectivity index (χ3n) is 3.01. The molecule has 0 fully saturated rings. The normalized spacial score (nSPS) is 10.4. The Morgan fingerprint density at radius 2 is 2.14 bits per heavy atom. The number of carbonyl (C=O) groups excluding carboxylic acids is 1. The molecular formula is C15H17N3O3S. The van der Waals surface area contributed by atoms with Crippen LogP contribution in [0.3, 0.4) is 0 Å². The number of hydrogen-bond acceptors (Lipinski definition) is 5. The second kappa shape index (κ2) is 7.65. The van der Waals surface area contributed by atoms with E-state index in [1.165, 1.54) is 18.3 Å². The van der Waals surface area contributed by atoms with Crippen molar-refractivity contribution in [3.05, 3.63) is 45.7 Å². The molecule has 0 saturated heterocycles. The number of aryl methyl sites for hydroxylation is 2. The van der Waals surface area contributed by atoms with Crippen molar-refractivity contribution in [1.29, 1.82) is 0 Å². The lowest BCUT2D eigenvalue weighted by molar-refractivity contribution is 0.0689. The molecule has 6 nitrogen and oxygen atoms in total. The minimum absolute atomic E-state index is 0.0738. The average molecular weight is 319 g/mol. The molecule has 0 bridgehead atoms. The number of carbonyl (C=O) groups is 2. The van der Waals surface area contributed by atoms with Gasteiger partial charge in [0.2, 0.25) is 0 Å². The van der Waals surface area contributed by atoms with Crippen LogP contribution in [0.5, 0.6) is 0 Å². The average Bonchev–Trinajstić information content (AvgIpc) is 2.92. The molecule has 0 aliphatic heterocycles. The molecule has 0 aliphatic rings. The molecule has 0 radical (unpaired) electrons. The highest BCUT2D eigenvalue weighted by molar-refractivity contribution is 7.09. The van der Waals surface area contributed by atoms with E-state index >= 15 is 0 Å². The summed E-state index contributed by atoms with van der Waals surface area (Å²) in [5.74, 6) is -1.35. The largest absolute Gasteiger partial charge is 0.477 e. The van der Waals surface area contributed by atoms with Gasteiger partial charge in [-0.05, 0) is 38.3 Å². The second-order valence-electron chi connectivity index (χ2n) is 4.83. The minimum atomic E-state index is -1.11. The van der Waals surface area contributed by atoms with Gasteiger partial charge in [-0.3, -0.25) is 4.79 Å². The highest BCUT2D eigenvalue weighted by atomic mass is 32.1. The van der Waals surface area contributed by atoms with Gasteiger partial charge in [0.15, 0.2) is 0 Å². The Hall–Kier alpha value is -2.28. The molecule has 0 aromatic carbocycles. The Morgan fingerprint density at radius 1 is 1.32 bits per heavy atom. The van der Waals surface area contributed by atoms with Gasteiger partial charge >= 0.3 is 5.97 Å². The van der Waals surface area contributed by atoms with Crippen LogP contribution in [0, 0.1) is 6.92 Å². The van der Waals surface area contributed by atoms with Gasteiger partial charge in [0.05, 0.1) is 10.6 Å². The Kier molecular flexibility index (Phi) is 5.60. The van der Waals surface area contributed by atoms with E-state index in [-0.39, 0.29) is 11.6 Å². The number of aromatic nitrogens is 2. The predicted molar refractivity (Wildman–Crippen MR) is 83.3 cm³/mol. The lowest BCUT2D eigenvalue weighted by Crippen LogP contribution is -2.24. The zero-order valence-electron chi connectivity index (χ0n) is 12.2. The quantitative estimate of drug-likeness (QED) is 0.764. The summed E-state index contributed by atoms with van der Waals surface area (Å²) >= 11 is 1.66. The van der Waals surface area contributed by atoms with Crippen LogP contribution in [0.4, 0.5) is 0 Å². The van der Waals surface area contributed by atoms with Crippen molar-refractivity contribution in [1.82, 2.24) is 15.3 Å². The number of nitrogens with one attached hydrogen (secondary N) is 1. The summed E-state index contributed by atoms with van der Waals surface area (Å²) in [5.41, 5.74) is 1.33. The molecule has 22 heavy (non-hydrogen) atoms. The van der Waals surface area contributed by atoms with Crippen LogP contribution in [-0.2, 0) is 6.42 Å². The zero-order chi connectivity index (χ0) is 15.9. The van der Waals surface area contributed by atoms with E-state index in [0.29, 0.717) is 12.1 Å². The van der Waals surface area contributed by atoms with E-state index in [2.05, 4.69) is 15.3 Å². The molecule has 0 spiro atoms. The zero-order valence-corrected chi connectivity index (χ0v) is 13.0. The van der Waals surface area contributed by atoms with Gasteiger partial charge < -0.3 is 10.4 Å². The van der Waals surface area contributed by atoms with Gasteiger partial charge in [0.25, 0.3) is 5.91 Å². The third-order valence-corrected chi connectivity index (χ3v) is 4.04. The van der Waals surface area contributed by atoms with Gasteiger partial charge in [0.1, 0.15) is 5.69 Å². The summed E-state index contributed by atoms with van der Waals surface area (Å²) in [7, 11) is 0. The Labute approximate surface area is 132 Å². The van der Waals surface area contributed by atoms with Crippen LogP contribution in [0.1, 0.15) is 44.4 Å². The van der Waals surface area contributed by atoms with Gasteiger partial charge in [-0.15, -0.1) is 11.3 Å². The van der Waals surface area contributed by atoms with Crippen molar-refractivity contribution in [3.8, 4) is 0 Å². The summed E-state index contributed by atoms with van der Waals surface area (Å²) in [6.07, 6.45) is 4.02. The lowest BCUT2D eigenvalue weighted by atomic mass is 10.2. The molecule has 1 amide bonds. The molecule has 7 heteroatoms. The van der Waals surface area contributed by atoms with Crippen molar-refractivity contribution in [2.45, 2.75) is 26.2 Å². The van der Waals surface area contributed by atoms with Crippen LogP contribution in [0.15, 0.2) is 23.7 Å². The molecule has 2 aromatic rings. The maximum atomic E-state index is 11.9. The molecule has 116 valence electrons. The molecular weight excluding hydrogens is 302 g/mol. The number of aromatic carboxylic acids is 1. The lowest BCUT2D eigenvalue weighted by Gasteiger charge is -2.04. The Bertz CT molecular complexity index is 652. The molecule has 2 rings (SSSR count). The van der Waals surface area contributed by atoms with E-state index in [4.69, 9.17) is 5.11 Å². The first kappa shape index (κ1) is 16.1. The number of pyridine rings is 1. The van der Waals surface area contributed by atoms with Crippen LogP contribution >= 0.6 is 11.3 Å². The van der Waals surface area contributed by atoms with Gasteiger partial charge in [-0.25, -0.2) is 14.8 Å². The van der Waals surface area contributed by atoms with E-state index in [1.807, 2.05) is 12.3 Å². The Morgan fingerprint density at radius 3 is 2.73 bits per heavy atom. The number of thiazole rings is 1. The van der Waals surface area contributed by atoms with Crippen molar-refractivity contribution >= 4 is 23.2 Å². The molecule has 2 aromatic heterocycles. The first-order valence-electron chi connectivity index (χ1n) is 6.95. The van der Waals surface area contributed by atoms with Crippen molar-refractivity contribution < 1.29 is 14.7 Å². The maximum Gasteiger partial charge on any atom is 0.354 e. The van der Waals surface area contributed by atoms with Crippen LogP contribution in [-0.4, -0.2) is 33.5 Å². The van der Waals surface area contributed by atoms with Gasteiger partial charge in [-0.1, -0.05) is 0 Å². The fraction of sp³-hybridized carbons (Fsp3) is 0.333. The standard InChI is InChI=1S/C15H17N3O3S/c1-10-9-22-13(18-10)4-2-3-7-16-14(19)11-5-6-12(15(20)21)17-8-11/h5-6,8-9H,2-4,7H2,1H3,(H,16,19)(H,20,21). The highest BCUT2D eigenvalue weighted by Gasteiger charge is 2.08. The summed E-state index contributed by atoms with van der Waals surface area (Å²) in [5, 5.41) is 14.7. The number of amides is 1. The summed E-state index contributed by atoms with van der Waals surface area (Å²) in [4.78, 5) is 30.6. The van der Waals surface area contributed by atoms with E-state index in [9.17, 15) is 9.59 Å². The summed E-state index contributed by atoms with van der Waals surface area (Å²) in [6.45, 7) is 2.55. The molecule has 0 saturated carbocycles. The van der Waals surface area contributed by atoms with Crippen molar-refractivity contribution in [2.24, 2.45) is 0 Å². The number of unbranched alkanes of at least 4 members (excludes halogenated alkanes) is 1. The van der Waals surface area contributed by atoms with Crippen LogP contribution in [0.25, 0.3) is 0 Å². The fourth-order valence-electron chi connectivity index (χ4n) is 1.88. The SMILES string of the molecule is Cc1csc(CCCCNC(=O)c2ccc(C(=O)O)nc2)n1. The molecule has 0 unspecified atom stereocenters. The smallest absolute Gasteiger partial charge is 0.354 e. The van der Waals surface area contributed by atoms with Gasteiger partial charge in [0, 0.05) is 23.8 Å². The maximum absolute atomic E-state index is 11.9. The second-order valence-corrected chi connectivity index (χ2v) is 5.78. The number of carboxylic acid groups (broad SMARTS) is 1. The number of rotatable bonds is 7. The van der Waals surface area contributed by atoms with Crippen LogP contribution in [0.2, 0.25) is 0 Å². The topological polar surface area (TPSA) is 92.2 Å². The first-order valence-corrected chi connectivity index (χ1v) is 7.83. The molecule has 2 heterocycles. The highest BCUT2D eigenvalue weighted by Crippen LogP contribution is 2.11. The van der Waals surface area contributed by atoms with E-state index < -0.39 is 5.97 Å². The summed E-state index contributed by atoms with van der Waals surface area (Å²) in [6, 6.07) is 2.78. The van der Waals surface area contributed by atoms with Gasteiger partial charge in [-0.2, -0.15) is 0 Å². The summed E-state index contributed by atoms with van der Waals surface area (Å²) < 4.78 is 0. The fourth-order valence-corrected chi connectivity index (χ4v) is 2.70. The Balaban J connectivity index is 1.70. The van der Waals surface area contributed by atoms with Crippen molar-refractivity contribution in [2.75, 3.05) is 6.54 Å². The van der Waals surface area contributed by atoms with Crippen molar-refractivity contribution in [3.63, 3.8) is 0 Å². The van der Waals surface area contributed by atoms with E-state index in [1.54, 1.807) is 11.3 Å².